The molecule has 10 heteroatoms. The van der Waals surface area contributed by atoms with Crippen LogP contribution < -0.4 is 5.32 Å². The van der Waals surface area contributed by atoms with Gasteiger partial charge in [0.2, 0.25) is 15.9 Å². The van der Waals surface area contributed by atoms with E-state index in [0.29, 0.717) is 16.3 Å². The Balaban J connectivity index is 1.89. The number of nitrogens with one attached hydrogen (secondary N) is 1. The average molecular weight is 438 g/mol. The van der Waals surface area contributed by atoms with Crippen molar-refractivity contribution in [2.24, 2.45) is 0 Å². The quantitative estimate of drug-likeness (QED) is 0.609. The van der Waals surface area contributed by atoms with E-state index in [2.05, 4.69) is 10.5 Å². The van der Waals surface area contributed by atoms with Gasteiger partial charge in [0.15, 0.2) is 5.82 Å². The summed E-state index contributed by atoms with van der Waals surface area (Å²) in [6.45, 7) is 1.01. The second-order valence-corrected chi connectivity index (χ2v) is 8.53. The Labute approximate surface area is 172 Å². The van der Waals surface area contributed by atoms with E-state index in [4.69, 9.17) is 16.1 Å². The van der Waals surface area contributed by atoms with Gasteiger partial charge in [-0.05, 0) is 42.8 Å². The molecule has 3 aromatic rings. The highest BCUT2D eigenvalue weighted by molar-refractivity contribution is 7.89. The molecule has 0 bridgehead atoms. The third-order valence-corrected chi connectivity index (χ3v) is 6.15. The fourth-order valence-electron chi connectivity index (χ4n) is 2.57. The van der Waals surface area contributed by atoms with Crippen LogP contribution in [0.4, 0.5) is 10.2 Å². The van der Waals surface area contributed by atoms with Crippen molar-refractivity contribution in [3.63, 3.8) is 0 Å². The second kappa shape index (κ2) is 8.73. The molecule has 0 saturated carbocycles. The molecular weight excluding hydrogens is 421 g/mol. The van der Waals surface area contributed by atoms with Crippen molar-refractivity contribution >= 4 is 33.3 Å². The van der Waals surface area contributed by atoms with Gasteiger partial charge in [0, 0.05) is 17.6 Å². The Morgan fingerprint density at radius 1 is 1.21 bits per heavy atom. The molecule has 0 saturated heterocycles. The van der Waals surface area contributed by atoms with Gasteiger partial charge in [-0.3, -0.25) is 4.79 Å². The normalized spacial score (nSPS) is 11.6. The third-order valence-electron chi connectivity index (χ3n) is 3.97. The highest BCUT2D eigenvalue weighted by atomic mass is 35.5. The predicted molar refractivity (Wildman–Crippen MR) is 105 cm³/mol. The van der Waals surface area contributed by atoms with E-state index in [1.54, 1.807) is 31.2 Å². The number of benzene rings is 2. The topological polar surface area (TPSA) is 92.5 Å². The monoisotopic (exact) mass is 437 g/mol. The number of aromatic nitrogens is 1. The lowest BCUT2D eigenvalue weighted by molar-refractivity contribution is -0.116. The fourth-order valence-corrected chi connectivity index (χ4v) is 4.14. The molecule has 152 valence electrons. The van der Waals surface area contributed by atoms with Gasteiger partial charge in [-0.1, -0.05) is 35.0 Å². The summed E-state index contributed by atoms with van der Waals surface area (Å²) >= 11 is 6.16. The minimum atomic E-state index is -4.11. The van der Waals surface area contributed by atoms with Gasteiger partial charge in [-0.2, -0.15) is 4.31 Å². The number of carbonyl (C=O) groups excluding carboxylic acids is 1. The molecule has 0 atom stereocenters. The molecule has 0 radical (unpaired) electrons. The number of amides is 1. The maximum atomic E-state index is 13.2. The van der Waals surface area contributed by atoms with Crippen LogP contribution in [0.25, 0.3) is 0 Å². The molecule has 0 spiro atoms. The van der Waals surface area contributed by atoms with Gasteiger partial charge in [0.1, 0.15) is 11.6 Å². The molecule has 0 fully saturated rings. The summed E-state index contributed by atoms with van der Waals surface area (Å²) in [6, 6.07) is 12.6. The van der Waals surface area contributed by atoms with Crippen molar-refractivity contribution < 1.29 is 22.1 Å². The van der Waals surface area contributed by atoms with E-state index in [1.807, 2.05) is 0 Å². The number of aryl methyl sites for hydroxylation is 1. The van der Waals surface area contributed by atoms with E-state index >= 15 is 0 Å². The number of hydrogen-bond acceptors (Lipinski definition) is 5. The summed E-state index contributed by atoms with van der Waals surface area (Å²) in [7, 11) is -4.11. The molecule has 7 nitrogen and oxygen atoms in total. The Morgan fingerprint density at radius 2 is 1.90 bits per heavy atom. The van der Waals surface area contributed by atoms with Gasteiger partial charge in [-0.15, -0.1) is 0 Å². The van der Waals surface area contributed by atoms with E-state index in [1.165, 1.54) is 6.07 Å². The average Bonchev–Trinajstić information content (AvgIpc) is 3.07. The lowest BCUT2D eigenvalue weighted by atomic mass is 10.2. The number of carbonyl (C=O) groups is 1. The van der Waals surface area contributed by atoms with Crippen LogP contribution >= 0.6 is 11.6 Å². The molecule has 0 aliphatic carbocycles. The van der Waals surface area contributed by atoms with Crippen LogP contribution in [0.15, 0.2) is 64.0 Å². The van der Waals surface area contributed by atoms with Crippen LogP contribution in [0, 0.1) is 12.7 Å². The van der Waals surface area contributed by atoms with Gasteiger partial charge in [0.05, 0.1) is 11.4 Å². The summed E-state index contributed by atoms with van der Waals surface area (Å²) in [5.74, 6) is -0.520. The van der Waals surface area contributed by atoms with E-state index < -0.39 is 28.3 Å². The molecule has 0 unspecified atom stereocenters. The molecule has 0 aliphatic rings. The third kappa shape index (κ3) is 5.20. The van der Waals surface area contributed by atoms with E-state index in [0.717, 1.165) is 28.6 Å². The number of hydrogen-bond donors (Lipinski definition) is 1. The van der Waals surface area contributed by atoms with Gasteiger partial charge in [-0.25, -0.2) is 12.8 Å². The molecule has 1 heterocycles. The predicted octanol–water partition coefficient (Wildman–Crippen LogP) is 3.61. The summed E-state index contributed by atoms with van der Waals surface area (Å²) < 4.78 is 45.3. The maximum absolute atomic E-state index is 13.2. The standard InChI is InChI=1S/C19H17ClFN3O4S/c1-13-10-18(23-28-13)22-19(25)12-24(11-14-4-2-3-5-17(14)20)29(26,27)16-8-6-15(21)7-9-16/h2-10H,11-12H2,1H3,(H,22,23,25). The lowest BCUT2D eigenvalue weighted by Crippen LogP contribution is -2.37. The largest absolute Gasteiger partial charge is 0.360 e. The second-order valence-electron chi connectivity index (χ2n) is 6.19. The molecule has 0 aliphatic heterocycles. The van der Waals surface area contributed by atoms with Crippen molar-refractivity contribution in [3.8, 4) is 0 Å². The zero-order valence-corrected chi connectivity index (χ0v) is 16.9. The summed E-state index contributed by atoms with van der Waals surface area (Å²) in [4.78, 5) is 12.3. The smallest absolute Gasteiger partial charge is 0.243 e. The summed E-state index contributed by atoms with van der Waals surface area (Å²) in [5, 5.41) is 6.50. The molecule has 1 aromatic heterocycles. The first kappa shape index (κ1) is 21.0. The molecule has 1 amide bonds. The SMILES string of the molecule is Cc1cc(NC(=O)CN(Cc2ccccc2Cl)S(=O)(=O)c2ccc(F)cc2)no1. The highest BCUT2D eigenvalue weighted by Gasteiger charge is 2.28. The van der Waals surface area contributed by atoms with Gasteiger partial charge in [0.25, 0.3) is 0 Å². The van der Waals surface area contributed by atoms with Crippen LogP contribution in [-0.4, -0.2) is 30.3 Å². The van der Waals surface area contributed by atoms with Gasteiger partial charge < -0.3 is 9.84 Å². The molecule has 3 rings (SSSR count). The Kier molecular flexibility index (Phi) is 6.31. The Bertz CT molecular complexity index is 1120. The van der Waals surface area contributed by atoms with E-state index in [-0.39, 0.29) is 17.3 Å². The van der Waals surface area contributed by atoms with E-state index in [9.17, 15) is 17.6 Å². The minimum Gasteiger partial charge on any atom is -0.360 e. The van der Waals surface area contributed by atoms with Crippen LogP contribution in [0.3, 0.4) is 0 Å². The first-order valence-electron chi connectivity index (χ1n) is 8.48. The van der Waals surface area contributed by atoms with Crippen molar-refractivity contribution in [1.82, 2.24) is 9.46 Å². The Morgan fingerprint density at radius 3 is 2.52 bits per heavy atom. The number of sulfonamides is 1. The highest BCUT2D eigenvalue weighted by Crippen LogP contribution is 2.23. The number of anilines is 1. The molecule has 2 aromatic carbocycles. The van der Waals surface area contributed by atoms with Crippen molar-refractivity contribution in [2.75, 3.05) is 11.9 Å². The zero-order valence-electron chi connectivity index (χ0n) is 15.3. The van der Waals surface area contributed by atoms with Crippen LogP contribution in [0.5, 0.6) is 0 Å². The Hall–Kier alpha value is -2.75. The maximum Gasteiger partial charge on any atom is 0.243 e. The number of rotatable bonds is 7. The van der Waals surface area contributed by atoms with Crippen LogP contribution in [0.1, 0.15) is 11.3 Å². The first-order valence-corrected chi connectivity index (χ1v) is 10.3. The van der Waals surface area contributed by atoms with Gasteiger partial charge >= 0.3 is 0 Å². The first-order chi connectivity index (χ1) is 13.8. The lowest BCUT2D eigenvalue weighted by Gasteiger charge is -2.22. The molecular formula is C19H17ClFN3O4S. The number of halogens is 2. The zero-order chi connectivity index (χ0) is 21.0. The summed E-state index contributed by atoms with van der Waals surface area (Å²) in [6.07, 6.45) is 0. The molecule has 29 heavy (non-hydrogen) atoms. The van der Waals surface area contributed by atoms with Crippen molar-refractivity contribution in [2.45, 2.75) is 18.4 Å². The van der Waals surface area contributed by atoms with Crippen molar-refractivity contribution in [1.29, 1.82) is 0 Å². The number of nitrogens with zero attached hydrogens (tertiary/aromatic N) is 2. The van der Waals surface area contributed by atoms with Crippen LogP contribution in [0.2, 0.25) is 5.02 Å². The summed E-state index contributed by atoms with van der Waals surface area (Å²) in [5.41, 5.74) is 0.518. The molecule has 1 N–H and O–H groups in total. The van der Waals surface area contributed by atoms with Crippen LogP contribution in [-0.2, 0) is 21.4 Å². The minimum absolute atomic E-state index is 0.143. The fraction of sp³-hybridized carbons (Fsp3) is 0.158. The van der Waals surface area contributed by atoms with Crippen molar-refractivity contribution in [3.05, 3.63) is 76.8 Å².